The molecule has 206 valence electrons. The van der Waals surface area contributed by atoms with E-state index in [9.17, 15) is 31.2 Å². The molecule has 0 spiro atoms. The summed E-state index contributed by atoms with van der Waals surface area (Å²) in [5, 5.41) is 5.65. The van der Waals surface area contributed by atoms with Crippen molar-refractivity contribution in [2.75, 3.05) is 11.9 Å². The number of rotatable bonds is 7. The highest BCUT2D eigenvalue weighted by molar-refractivity contribution is 7.89. The van der Waals surface area contributed by atoms with E-state index in [0.29, 0.717) is 37.1 Å². The van der Waals surface area contributed by atoms with Gasteiger partial charge in [-0.05, 0) is 74.1 Å². The van der Waals surface area contributed by atoms with Crippen LogP contribution in [-0.4, -0.2) is 37.1 Å². The van der Waals surface area contributed by atoms with Crippen molar-refractivity contribution in [3.05, 3.63) is 59.7 Å². The third kappa shape index (κ3) is 6.74. The van der Waals surface area contributed by atoms with Crippen LogP contribution >= 0.6 is 0 Å². The molecular formula is C27H32F3N3O4S. The second-order valence-corrected chi connectivity index (χ2v) is 11.8. The SMILES string of the molecule is O=C(Nc1ccc(CN(C2CCCCNC2=O)S(=O)(=O)c2ccc(C(F)(F)F)cc2)cc1)C1CCCCC1. The number of carbonyl (C=O) groups is 2. The summed E-state index contributed by atoms with van der Waals surface area (Å²) in [4.78, 5) is 25.1. The zero-order valence-electron chi connectivity index (χ0n) is 21.0. The van der Waals surface area contributed by atoms with Crippen molar-refractivity contribution < 1.29 is 31.2 Å². The van der Waals surface area contributed by atoms with Crippen LogP contribution in [0.15, 0.2) is 53.4 Å². The van der Waals surface area contributed by atoms with Gasteiger partial charge in [-0.2, -0.15) is 17.5 Å². The molecule has 11 heteroatoms. The summed E-state index contributed by atoms with van der Waals surface area (Å²) in [6.07, 6.45) is 1.96. The van der Waals surface area contributed by atoms with Crippen molar-refractivity contribution >= 4 is 27.5 Å². The fourth-order valence-corrected chi connectivity index (χ4v) is 6.60. The van der Waals surface area contributed by atoms with Gasteiger partial charge < -0.3 is 10.6 Å². The quantitative estimate of drug-likeness (QED) is 0.502. The predicted molar refractivity (Wildman–Crippen MR) is 136 cm³/mol. The molecule has 1 atom stereocenters. The lowest BCUT2D eigenvalue weighted by Gasteiger charge is -2.29. The maximum absolute atomic E-state index is 13.6. The van der Waals surface area contributed by atoms with Gasteiger partial charge >= 0.3 is 6.18 Å². The number of hydrogen-bond donors (Lipinski definition) is 2. The van der Waals surface area contributed by atoms with Crippen LogP contribution in [0.1, 0.15) is 62.5 Å². The van der Waals surface area contributed by atoms with Crippen LogP contribution in [0, 0.1) is 5.92 Å². The molecule has 2 amide bonds. The fraction of sp³-hybridized carbons (Fsp3) is 0.481. The van der Waals surface area contributed by atoms with E-state index in [1.54, 1.807) is 24.3 Å². The standard InChI is InChI=1S/C27H32F3N3O4S/c28-27(29,30)21-11-15-23(16-12-21)38(36,37)33(24-8-4-5-17-31-26(24)35)18-19-9-13-22(14-10-19)32-25(34)20-6-2-1-3-7-20/h9-16,20,24H,1-8,17-18H2,(H,31,35)(H,32,34). The van der Waals surface area contributed by atoms with Crippen molar-refractivity contribution in [3.8, 4) is 0 Å². The van der Waals surface area contributed by atoms with Crippen LogP contribution in [0.5, 0.6) is 0 Å². The number of anilines is 1. The average Bonchev–Trinajstić information content (AvgIpc) is 3.12. The minimum Gasteiger partial charge on any atom is -0.355 e. The summed E-state index contributed by atoms with van der Waals surface area (Å²) in [6.45, 7) is 0.275. The molecule has 7 nitrogen and oxygen atoms in total. The molecule has 38 heavy (non-hydrogen) atoms. The molecule has 0 aromatic heterocycles. The van der Waals surface area contributed by atoms with Crippen molar-refractivity contribution in [1.29, 1.82) is 0 Å². The number of halogens is 3. The van der Waals surface area contributed by atoms with Crippen molar-refractivity contribution in [1.82, 2.24) is 9.62 Å². The predicted octanol–water partition coefficient (Wildman–Crippen LogP) is 5.08. The normalized spacial score (nSPS) is 19.6. The van der Waals surface area contributed by atoms with Gasteiger partial charge in [-0.1, -0.05) is 31.4 Å². The van der Waals surface area contributed by atoms with Gasteiger partial charge in [-0.3, -0.25) is 9.59 Å². The van der Waals surface area contributed by atoms with Crippen LogP contribution in [-0.2, 0) is 32.3 Å². The molecule has 1 unspecified atom stereocenters. The molecule has 1 aliphatic carbocycles. The second kappa shape index (κ2) is 11.9. The highest BCUT2D eigenvalue weighted by Gasteiger charge is 2.37. The van der Waals surface area contributed by atoms with E-state index >= 15 is 0 Å². The molecule has 2 aromatic carbocycles. The highest BCUT2D eigenvalue weighted by Crippen LogP contribution is 2.32. The molecule has 1 saturated heterocycles. The molecule has 4 rings (SSSR count). The van der Waals surface area contributed by atoms with E-state index in [1.165, 1.54) is 0 Å². The molecule has 2 fully saturated rings. The number of benzene rings is 2. The van der Waals surface area contributed by atoms with Gasteiger partial charge in [0.25, 0.3) is 0 Å². The van der Waals surface area contributed by atoms with Gasteiger partial charge in [0, 0.05) is 24.7 Å². The Morgan fingerprint density at radius 1 is 0.921 bits per heavy atom. The van der Waals surface area contributed by atoms with E-state index in [1.807, 2.05) is 0 Å². The van der Waals surface area contributed by atoms with Crippen molar-refractivity contribution in [2.24, 2.45) is 5.92 Å². The first-order chi connectivity index (χ1) is 18.1. The van der Waals surface area contributed by atoms with Gasteiger partial charge in [0.2, 0.25) is 21.8 Å². The number of carbonyl (C=O) groups excluding carboxylic acids is 2. The largest absolute Gasteiger partial charge is 0.416 e. The fourth-order valence-electron chi connectivity index (χ4n) is 4.99. The Morgan fingerprint density at radius 3 is 2.18 bits per heavy atom. The summed E-state index contributed by atoms with van der Waals surface area (Å²) in [5.41, 5.74) is 0.211. The molecule has 2 N–H and O–H groups in total. The molecule has 1 saturated carbocycles. The van der Waals surface area contributed by atoms with E-state index < -0.39 is 33.7 Å². The van der Waals surface area contributed by atoms with Crippen LogP contribution in [0.4, 0.5) is 18.9 Å². The maximum Gasteiger partial charge on any atom is 0.416 e. The minimum atomic E-state index is -4.60. The smallest absolute Gasteiger partial charge is 0.355 e. The van der Waals surface area contributed by atoms with Crippen LogP contribution in [0.2, 0.25) is 0 Å². The van der Waals surface area contributed by atoms with Crippen LogP contribution in [0.3, 0.4) is 0 Å². The molecule has 2 aliphatic rings. The van der Waals surface area contributed by atoms with Gasteiger partial charge in [0.15, 0.2) is 0 Å². The lowest BCUT2D eigenvalue weighted by Crippen LogP contribution is -2.48. The summed E-state index contributed by atoms with van der Waals surface area (Å²) in [6, 6.07) is 9.02. The third-order valence-corrected chi connectivity index (χ3v) is 9.05. The Kier molecular flexibility index (Phi) is 8.77. The Bertz CT molecular complexity index is 1230. The number of sulfonamides is 1. The average molecular weight is 552 g/mol. The Labute approximate surface area is 220 Å². The lowest BCUT2D eigenvalue weighted by molar-refractivity contribution is -0.137. The maximum atomic E-state index is 13.6. The van der Waals surface area contributed by atoms with E-state index in [0.717, 1.165) is 60.7 Å². The van der Waals surface area contributed by atoms with Gasteiger partial charge in [0.05, 0.1) is 10.5 Å². The first-order valence-electron chi connectivity index (χ1n) is 12.9. The molecule has 2 aromatic rings. The Hall–Kier alpha value is -2.92. The molecular weight excluding hydrogens is 519 g/mol. The number of nitrogens with zero attached hydrogens (tertiary/aromatic N) is 1. The summed E-state index contributed by atoms with van der Waals surface area (Å²) in [7, 11) is -4.32. The molecule has 0 radical (unpaired) electrons. The van der Waals surface area contributed by atoms with Crippen molar-refractivity contribution in [3.63, 3.8) is 0 Å². The third-order valence-electron chi connectivity index (χ3n) is 7.18. The number of hydrogen-bond acceptors (Lipinski definition) is 4. The van der Waals surface area contributed by atoms with E-state index in [2.05, 4.69) is 10.6 Å². The first kappa shape index (κ1) is 28.1. The summed E-state index contributed by atoms with van der Waals surface area (Å²) in [5.74, 6) is -0.477. The van der Waals surface area contributed by atoms with E-state index in [-0.39, 0.29) is 23.3 Å². The lowest BCUT2D eigenvalue weighted by atomic mass is 9.88. The van der Waals surface area contributed by atoms with Gasteiger partial charge in [-0.15, -0.1) is 0 Å². The molecule has 0 bridgehead atoms. The zero-order valence-corrected chi connectivity index (χ0v) is 21.8. The summed E-state index contributed by atoms with van der Waals surface area (Å²) < 4.78 is 67.4. The number of alkyl halides is 3. The Balaban J connectivity index is 1.57. The van der Waals surface area contributed by atoms with Crippen LogP contribution in [0.25, 0.3) is 0 Å². The highest BCUT2D eigenvalue weighted by atomic mass is 32.2. The minimum absolute atomic E-state index is 0.0125. The van der Waals surface area contributed by atoms with Gasteiger partial charge in [0.1, 0.15) is 6.04 Å². The first-order valence-corrected chi connectivity index (χ1v) is 14.4. The summed E-state index contributed by atoms with van der Waals surface area (Å²) >= 11 is 0. The topological polar surface area (TPSA) is 95.6 Å². The van der Waals surface area contributed by atoms with E-state index in [4.69, 9.17) is 0 Å². The number of nitrogens with one attached hydrogen (secondary N) is 2. The van der Waals surface area contributed by atoms with Crippen LogP contribution < -0.4 is 10.6 Å². The Morgan fingerprint density at radius 2 is 1.55 bits per heavy atom. The second-order valence-electron chi connectivity index (χ2n) is 9.90. The van der Waals surface area contributed by atoms with Gasteiger partial charge in [-0.25, -0.2) is 8.42 Å². The monoisotopic (exact) mass is 551 g/mol. The number of amides is 2. The zero-order chi connectivity index (χ0) is 27.3. The molecule has 1 aliphatic heterocycles. The molecule has 1 heterocycles. The van der Waals surface area contributed by atoms with Crippen molar-refractivity contribution in [2.45, 2.75) is 75.0 Å².